The molecular weight excluding hydrogens is 290 g/mol. The molecule has 1 unspecified atom stereocenters. The minimum atomic E-state index is -4.89. The van der Waals surface area contributed by atoms with Crippen LogP contribution in [0.5, 0.6) is 0 Å². The van der Waals surface area contributed by atoms with Crippen molar-refractivity contribution in [2.45, 2.75) is 18.3 Å². The number of carbonyl (C=O) groups excluding carboxylic acids is 1. The Morgan fingerprint density at radius 2 is 1.60 bits per heavy atom. The SMILES string of the molecule is O=C(COCC(F)(F)F)C(c1ccccc1)C(F)(F)F. The molecule has 0 bridgehead atoms. The second-order valence-electron chi connectivity index (χ2n) is 3.96. The number of rotatable bonds is 5. The van der Waals surface area contributed by atoms with Gasteiger partial charge in [0, 0.05) is 0 Å². The molecule has 0 heterocycles. The topological polar surface area (TPSA) is 26.3 Å². The van der Waals surface area contributed by atoms with Gasteiger partial charge in [0.1, 0.15) is 19.1 Å². The number of alkyl halides is 6. The first-order chi connectivity index (χ1) is 9.11. The molecule has 0 fully saturated rings. The Morgan fingerprint density at radius 1 is 1.05 bits per heavy atom. The zero-order valence-electron chi connectivity index (χ0n) is 9.96. The Kier molecular flexibility index (Phi) is 5.15. The number of hydrogen-bond donors (Lipinski definition) is 0. The second-order valence-corrected chi connectivity index (χ2v) is 3.96. The first-order valence-electron chi connectivity index (χ1n) is 5.40. The zero-order chi connectivity index (χ0) is 15.4. The maximum absolute atomic E-state index is 12.8. The van der Waals surface area contributed by atoms with Crippen molar-refractivity contribution in [2.24, 2.45) is 0 Å². The van der Waals surface area contributed by atoms with E-state index in [-0.39, 0.29) is 5.56 Å². The molecule has 2 nitrogen and oxygen atoms in total. The van der Waals surface area contributed by atoms with Gasteiger partial charge in [-0.05, 0) is 5.56 Å². The van der Waals surface area contributed by atoms with Gasteiger partial charge < -0.3 is 4.74 Å². The van der Waals surface area contributed by atoms with Crippen molar-refractivity contribution < 1.29 is 35.9 Å². The van der Waals surface area contributed by atoms with Gasteiger partial charge in [-0.25, -0.2) is 0 Å². The zero-order valence-corrected chi connectivity index (χ0v) is 9.96. The lowest BCUT2D eigenvalue weighted by Gasteiger charge is -2.19. The van der Waals surface area contributed by atoms with Crippen LogP contribution in [0.15, 0.2) is 30.3 Å². The third kappa shape index (κ3) is 5.20. The third-order valence-electron chi connectivity index (χ3n) is 2.29. The molecule has 0 aliphatic heterocycles. The minimum Gasteiger partial charge on any atom is -0.364 e. The Labute approximate surface area is 110 Å². The molecule has 0 aliphatic rings. The molecule has 1 rings (SSSR count). The fraction of sp³-hybridized carbons (Fsp3) is 0.417. The van der Waals surface area contributed by atoms with E-state index >= 15 is 0 Å². The molecule has 1 aromatic carbocycles. The normalized spacial score (nSPS) is 14.1. The molecule has 0 spiro atoms. The lowest BCUT2D eigenvalue weighted by atomic mass is 9.94. The molecule has 8 heteroatoms. The highest BCUT2D eigenvalue weighted by atomic mass is 19.4. The average Bonchev–Trinajstić information content (AvgIpc) is 2.26. The third-order valence-corrected chi connectivity index (χ3v) is 2.29. The van der Waals surface area contributed by atoms with E-state index in [9.17, 15) is 31.1 Å². The number of carbonyl (C=O) groups is 1. The van der Waals surface area contributed by atoms with Crippen LogP contribution >= 0.6 is 0 Å². The molecule has 0 aliphatic carbocycles. The van der Waals surface area contributed by atoms with Crippen molar-refractivity contribution in [1.29, 1.82) is 0 Å². The molecule has 0 N–H and O–H groups in total. The van der Waals surface area contributed by atoms with Crippen molar-refractivity contribution in [3.63, 3.8) is 0 Å². The Bertz CT molecular complexity index is 438. The van der Waals surface area contributed by atoms with Gasteiger partial charge >= 0.3 is 12.4 Å². The maximum atomic E-state index is 12.8. The molecule has 0 saturated heterocycles. The highest BCUT2D eigenvalue weighted by Crippen LogP contribution is 2.35. The van der Waals surface area contributed by atoms with Gasteiger partial charge in [0.15, 0.2) is 5.78 Å². The monoisotopic (exact) mass is 300 g/mol. The first kappa shape index (κ1) is 16.5. The lowest BCUT2D eigenvalue weighted by molar-refractivity contribution is -0.182. The molecule has 112 valence electrons. The van der Waals surface area contributed by atoms with Crippen molar-refractivity contribution >= 4 is 5.78 Å². The van der Waals surface area contributed by atoms with E-state index in [4.69, 9.17) is 0 Å². The molecule has 1 aromatic rings. The first-order valence-corrected chi connectivity index (χ1v) is 5.40. The van der Waals surface area contributed by atoms with E-state index in [1.807, 2.05) is 0 Å². The molecule has 0 saturated carbocycles. The molecular formula is C12H10F6O2. The summed E-state index contributed by atoms with van der Waals surface area (Å²) in [4.78, 5) is 11.5. The highest BCUT2D eigenvalue weighted by molar-refractivity contribution is 5.87. The van der Waals surface area contributed by atoms with E-state index in [1.54, 1.807) is 0 Å². The van der Waals surface area contributed by atoms with Crippen molar-refractivity contribution in [2.75, 3.05) is 13.2 Å². The number of ether oxygens (including phenoxy) is 1. The highest BCUT2D eigenvalue weighted by Gasteiger charge is 2.45. The lowest BCUT2D eigenvalue weighted by Crippen LogP contribution is -2.32. The quantitative estimate of drug-likeness (QED) is 0.778. The number of halogens is 6. The Hall–Kier alpha value is -1.57. The van der Waals surface area contributed by atoms with Gasteiger partial charge in [-0.2, -0.15) is 26.3 Å². The summed E-state index contributed by atoms with van der Waals surface area (Å²) in [5.41, 5.74) is -0.333. The van der Waals surface area contributed by atoms with E-state index in [0.717, 1.165) is 12.1 Å². The second kappa shape index (κ2) is 6.25. The number of Topliss-reactive ketones (excluding diaryl/α,β-unsaturated/α-hetero) is 1. The molecule has 0 amide bonds. The summed E-state index contributed by atoms with van der Waals surface area (Å²) in [6.07, 6.45) is -9.58. The van der Waals surface area contributed by atoms with Crippen LogP contribution in [0, 0.1) is 0 Å². The number of benzene rings is 1. The van der Waals surface area contributed by atoms with Crippen LogP contribution in [0.4, 0.5) is 26.3 Å². The minimum absolute atomic E-state index is 0.333. The number of ketones is 1. The van der Waals surface area contributed by atoms with Crippen LogP contribution in [0.3, 0.4) is 0 Å². The Morgan fingerprint density at radius 3 is 2.05 bits per heavy atom. The van der Waals surface area contributed by atoms with Crippen LogP contribution in [0.2, 0.25) is 0 Å². The fourth-order valence-electron chi connectivity index (χ4n) is 1.55. The van der Waals surface area contributed by atoms with Crippen LogP contribution in [-0.4, -0.2) is 31.3 Å². The summed E-state index contributed by atoms with van der Waals surface area (Å²) in [5.74, 6) is -3.95. The molecule has 20 heavy (non-hydrogen) atoms. The fourth-order valence-corrected chi connectivity index (χ4v) is 1.55. The van der Waals surface area contributed by atoms with Crippen LogP contribution in [-0.2, 0) is 9.53 Å². The predicted molar refractivity (Wildman–Crippen MR) is 57.1 cm³/mol. The molecule has 0 aromatic heterocycles. The van der Waals surface area contributed by atoms with Crippen LogP contribution in [0.25, 0.3) is 0 Å². The summed E-state index contributed by atoms with van der Waals surface area (Å²) in [6, 6.07) is 6.23. The summed E-state index contributed by atoms with van der Waals surface area (Å²) in [5, 5.41) is 0. The smallest absolute Gasteiger partial charge is 0.364 e. The summed E-state index contributed by atoms with van der Waals surface area (Å²) in [6.45, 7) is -3.02. The van der Waals surface area contributed by atoms with Crippen LogP contribution in [0.1, 0.15) is 11.5 Å². The van der Waals surface area contributed by atoms with Crippen molar-refractivity contribution in [3.05, 3.63) is 35.9 Å². The van der Waals surface area contributed by atoms with Crippen molar-refractivity contribution in [3.8, 4) is 0 Å². The maximum Gasteiger partial charge on any atom is 0.411 e. The summed E-state index contributed by atoms with van der Waals surface area (Å²) < 4.78 is 77.9. The van der Waals surface area contributed by atoms with Gasteiger partial charge in [-0.15, -0.1) is 0 Å². The van der Waals surface area contributed by atoms with E-state index in [2.05, 4.69) is 4.74 Å². The summed E-state index contributed by atoms with van der Waals surface area (Å²) >= 11 is 0. The van der Waals surface area contributed by atoms with Gasteiger partial charge in [0.05, 0.1) is 0 Å². The number of hydrogen-bond acceptors (Lipinski definition) is 2. The van der Waals surface area contributed by atoms with Crippen molar-refractivity contribution in [1.82, 2.24) is 0 Å². The predicted octanol–water partition coefficient (Wildman–Crippen LogP) is 3.48. The van der Waals surface area contributed by atoms with Gasteiger partial charge in [0.25, 0.3) is 0 Å². The van der Waals surface area contributed by atoms with Crippen LogP contribution < -0.4 is 0 Å². The average molecular weight is 300 g/mol. The van der Waals surface area contributed by atoms with Gasteiger partial charge in [-0.3, -0.25) is 4.79 Å². The molecule has 0 radical (unpaired) electrons. The summed E-state index contributed by atoms with van der Waals surface area (Å²) in [7, 11) is 0. The van der Waals surface area contributed by atoms with Gasteiger partial charge in [-0.1, -0.05) is 30.3 Å². The van der Waals surface area contributed by atoms with Gasteiger partial charge in [0.2, 0.25) is 0 Å². The Balaban J connectivity index is 2.78. The van der Waals surface area contributed by atoms with E-state index < -0.39 is 37.3 Å². The van der Waals surface area contributed by atoms with E-state index in [1.165, 1.54) is 18.2 Å². The molecule has 1 atom stereocenters. The largest absolute Gasteiger partial charge is 0.411 e. The van der Waals surface area contributed by atoms with E-state index in [0.29, 0.717) is 0 Å². The standard InChI is InChI=1S/C12H10F6O2/c13-11(14,15)7-20-6-9(19)10(12(16,17)18)8-4-2-1-3-5-8/h1-5,10H,6-7H2.